The number of hydrogen-bond donors (Lipinski definition) is 1. The minimum Gasteiger partial charge on any atom is -0.347 e. The molecule has 0 fully saturated rings. The third-order valence-electron chi connectivity index (χ3n) is 1.99. The smallest absolute Gasteiger partial charge is 0.251 e. The Balaban J connectivity index is 1.98. The van der Waals surface area contributed by atoms with Gasteiger partial charge in [-0.2, -0.15) is 0 Å². The normalized spacial score (nSPS) is 10.1. The number of aromatic nitrogens is 1. The molecule has 2 rings (SSSR count). The number of rotatable bonds is 3. The molecule has 3 nitrogen and oxygen atoms in total. The maximum absolute atomic E-state index is 11.7. The van der Waals surface area contributed by atoms with E-state index in [9.17, 15) is 4.79 Å². The number of carbonyl (C=O) groups excluding carboxylic acids is 1. The highest BCUT2D eigenvalue weighted by Crippen LogP contribution is 2.12. The molecule has 0 unspecified atom stereocenters. The number of nitrogens with zero attached hydrogens (tertiary/aromatic N) is 1. The molecule has 0 aliphatic heterocycles. The summed E-state index contributed by atoms with van der Waals surface area (Å²) < 4.78 is 0.901. The van der Waals surface area contributed by atoms with Crippen molar-refractivity contribution in [3.8, 4) is 0 Å². The van der Waals surface area contributed by atoms with E-state index in [1.54, 1.807) is 23.8 Å². The molecular formula is C11H9BrN2OS. The van der Waals surface area contributed by atoms with Gasteiger partial charge in [0.1, 0.15) is 0 Å². The van der Waals surface area contributed by atoms with Gasteiger partial charge in [0.15, 0.2) is 0 Å². The van der Waals surface area contributed by atoms with Crippen LogP contribution in [0, 0.1) is 0 Å². The van der Waals surface area contributed by atoms with Crippen LogP contribution in [0.5, 0.6) is 0 Å². The lowest BCUT2D eigenvalue weighted by atomic mass is 10.2. The Hall–Kier alpha value is -1.20. The van der Waals surface area contributed by atoms with Crippen molar-refractivity contribution in [1.29, 1.82) is 0 Å². The number of carbonyl (C=O) groups is 1. The molecule has 5 heteroatoms. The molecule has 0 radical (unpaired) electrons. The lowest BCUT2D eigenvalue weighted by Gasteiger charge is -2.03. The summed E-state index contributed by atoms with van der Waals surface area (Å²) in [5.74, 6) is -0.0744. The minimum absolute atomic E-state index is 0.0744. The Labute approximate surface area is 106 Å². The van der Waals surface area contributed by atoms with Crippen LogP contribution in [0.1, 0.15) is 15.2 Å². The van der Waals surface area contributed by atoms with Crippen molar-refractivity contribution in [3.05, 3.63) is 50.9 Å². The van der Waals surface area contributed by atoms with Crippen molar-refractivity contribution >= 4 is 33.2 Å². The Kier molecular flexibility index (Phi) is 3.69. The maximum Gasteiger partial charge on any atom is 0.251 e. The SMILES string of the molecule is O=C(NCc1cncs1)c1cccc(Br)c1. The average Bonchev–Trinajstić information content (AvgIpc) is 2.78. The summed E-state index contributed by atoms with van der Waals surface area (Å²) in [5, 5.41) is 2.84. The van der Waals surface area contributed by atoms with Crippen molar-refractivity contribution in [2.24, 2.45) is 0 Å². The summed E-state index contributed by atoms with van der Waals surface area (Å²) in [5.41, 5.74) is 2.40. The van der Waals surface area contributed by atoms with Crippen LogP contribution in [-0.2, 0) is 6.54 Å². The van der Waals surface area contributed by atoms with E-state index in [1.165, 1.54) is 11.3 Å². The van der Waals surface area contributed by atoms with Crippen LogP contribution in [0.15, 0.2) is 40.4 Å². The predicted octanol–water partition coefficient (Wildman–Crippen LogP) is 2.84. The standard InChI is InChI=1S/C11H9BrN2OS/c12-9-3-1-2-8(4-9)11(15)14-6-10-5-13-7-16-10/h1-5,7H,6H2,(H,14,15). The van der Waals surface area contributed by atoms with Crippen LogP contribution in [0.2, 0.25) is 0 Å². The zero-order valence-electron chi connectivity index (χ0n) is 8.31. The van der Waals surface area contributed by atoms with Crippen molar-refractivity contribution in [1.82, 2.24) is 10.3 Å². The zero-order chi connectivity index (χ0) is 11.4. The van der Waals surface area contributed by atoms with Crippen LogP contribution in [-0.4, -0.2) is 10.9 Å². The highest BCUT2D eigenvalue weighted by molar-refractivity contribution is 9.10. The Morgan fingerprint density at radius 3 is 3.06 bits per heavy atom. The quantitative estimate of drug-likeness (QED) is 0.946. The highest BCUT2D eigenvalue weighted by Gasteiger charge is 2.05. The van der Waals surface area contributed by atoms with E-state index in [0.717, 1.165) is 9.35 Å². The summed E-state index contributed by atoms with van der Waals surface area (Å²) in [6, 6.07) is 7.31. The van der Waals surface area contributed by atoms with Gasteiger partial charge in [-0.3, -0.25) is 9.78 Å². The number of benzene rings is 1. The van der Waals surface area contributed by atoms with Crippen molar-refractivity contribution < 1.29 is 4.79 Å². The average molecular weight is 297 g/mol. The van der Waals surface area contributed by atoms with E-state index >= 15 is 0 Å². The molecule has 0 saturated carbocycles. The molecule has 82 valence electrons. The topological polar surface area (TPSA) is 42.0 Å². The van der Waals surface area contributed by atoms with Gasteiger partial charge in [0.2, 0.25) is 0 Å². The van der Waals surface area contributed by atoms with E-state index in [-0.39, 0.29) is 5.91 Å². The third-order valence-corrected chi connectivity index (χ3v) is 3.27. The van der Waals surface area contributed by atoms with Crippen LogP contribution in [0.3, 0.4) is 0 Å². The van der Waals surface area contributed by atoms with E-state index in [1.807, 2.05) is 12.1 Å². The van der Waals surface area contributed by atoms with Gasteiger partial charge in [-0.25, -0.2) is 0 Å². The highest BCUT2D eigenvalue weighted by atomic mass is 79.9. The molecule has 1 aromatic carbocycles. The third kappa shape index (κ3) is 2.90. The summed E-state index contributed by atoms with van der Waals surface area (Å²) in [7, 11) is 0. The molecule has 0 saturated heterocycles. The predicted molar refractivity (Wildman–Crippen MR) is 67.4 cm³/mol. The monoisotopic (exact) mass is 296 g/mol. The van der Waals surface area contributed by atoms with Gasteiger partial charge in [0.05, 0.1) is 12.1 Å². The largest absolute Gasteiger partial charge is 0.347 e. The first kappa shape index (κ1) is 11.3. The summed E-state index contributed by atoms with van der Waals surface area (Å²) in [6.07, 6.45) is 1.76. The molecule has 1 N–H and O–H groups in total. The van der Waals surface area contributed by atoms with E-state index < -0.39 is 0 Å². The molecule has 1 aromatic heterocycles. The van der Waals surface area contributed by atoms with Gasteiger partial charge in [-0.05, 0) is 18.2 Å². The van der Waals surface area contributed by atoms with Crippen molar-refractivity contribution in [3.63, 3.8) is 0 Å². The molecule has 0 bridgehead atoms. The number of amides is 1. The summed E-state index contributed by atoms with van der Waals surface area (Å²) >= 11 is 4.86. The van der Waals surface area contributed by atoms with Gasteiger partial charge < -0.3 is 5.32 Å². The lowest BCUT2D eigenvalue weighted by Crippen LogP contribution is -2.22. The number of thiazole rings is 1. The Morgan fingerprint density at radius 1 is 1.50 bits per heavy atom. The van der Waals surface area contributed by atoms with E-state index in [4.69, 9.17) is 0 Å². The number of halogens is 1. The minimum atomic E-state index is -0.0744. The summed E-state index contributed by atoms with van der Waals surface area (Å²) in [6.45, 7) is 0.524. The maximum atomic E-state index is 11.7. The molecule has 0 aliphatic carbocycles. The second-order valence-electron chi connectivity index (χ2n) is 3.16. The van der Waals surface area contributed by atoms with Crippen LogP contribution >= 0.6 is 27.3 Å². The van der Waals surface area contributed by atoms with Crippen LogP contribution < -0.4 is 5.32 Å². The van der Waals surface area contributed by atoms with Gasteiger partial charge in [-0.15, -0.1) is 11.3 Å². The van der Waals surface area contributed by atoms with Crippen molar-refractivity contribution in [2.75, 3.05) is 0 Å². The van der Waals surface area contributed by atoms with Crippen molar-refractivity contribution in [2.45, 2.75) is 6.54 Å². The second-order valence-corrected chi connectivity index (χ2v) is 5.05. The number of hydrogen-bond acceptors (Lipinski definition) is 3. The Morgan fingerprint density at radius 2 is 2.38 bits per heavy atom. The molecule has 2 aromatic rings. The van der Waals surface area contributed by atoms with Gasteiger partial charge in [-0.1, -0.05) is 22.0 Å². The van der Waals surface area contributed by atoms with E-state index in [2.05, 4.69) is 26.2 Å². The molecular weight excluding hydrogens is 288 g/mol. The van der Waals surface area contributed by atoms with E-state index in [0.29, 0.717) is 12.1 Å². The molecule has 0 aliphatic rings. The van der Waals surface area contributed by atoms with Gasteiger partial charge in [0.25, 0.3) is 5.91 Å². The molecule has 0 atom stereocenters. The first-order valence-corrected chi connectivity index (χ1v) is 6.34. The fourth-order valence-corrected chi connectivity index (χ4v) is 2.16. The zero-order valence-corrected chi connectivity index (χ0v) is 10.7. The Bertz CT molecular complexity index is 484. The van der Waals surface area contributed by atoms with Crippen LogP contribution in [0.4, 0.5) is 0 Å². The fraction of sp³-hybridized carbons (Fsp3) is 0.0909. The number of nitrogens with one attached hydrogen (secondary N) is 1. The first-order valence-electron chi connectivity index (χ1n) is 4.67. The van der Waals surface area contributed by atoms with Gasteiger partial charge >= 0.3 is 0 Å². The molecule has 0 spiro atoms. The lowest BCUT2D eigenvalue weighted by molar-refractivity contribution is 0.0951. The molecule has 1 heterocycles. The first-order chi connectivity index (χ1) is 7.75. The van der Waals surface area contributed by atoms with Gasteiger partial charge in [0, 0.05) is 21.1 Å². The van der Waals surface area contributed by atoms with Crippen LogP contribution in [0.25, 0.3) is 0 Å². The second kappa shape index (κ2) is 5.23. The molecule has 1 amide bonds. The summed E-state index contributed by atoms with van der Waals surface area (Å²) in [4.78, 5) is 16.7. The fourth-order valence-electron chi connectivity index (χ4n) is 1.23. The molecule has 16 heavy (non-hydrogen) atoms.